The van der Waals surface area contributed by atoms with E-state index in [0.29, 0.717) is 16.8 Å². The van der Waals surface area contributed by atoms with Crippen LogP contribution in [0.15, 0.2) is 40.0 Å². The van der Waals surface area contributed by atoms with Crippen LogP contribution < -0.4 is 4.74 Å². The van der Waals surface area contributed by atoms with E-state index in [1.165, 1.54) is 11.4 Å². The fraction of sp³-hybridized carbons (Fsp3) is 0.357. The van der Waals surface area contributed by atoms with E-state index in [-0.39, 0.29) is 11.4 Å². The van der Waals surface area contributed by atoms with Crippen LogP contribution in [-0.2, 0) is 23.6 Å². The van der Waals surface area contributed by atoms with Crippen molar-refractivity contribution in [2.45, 2.75) is 18.4 Å². The van der Waals surface area contributed by atoms with Crippen molar-refractivity contribution in [3.8, 4) is 5.75 Å². The molecule has 2 rings (SSSR count). The van der Waals surface area contributed by atoms with E-state index < -0.39 is 10.0 Å². The number of hydrogen-bond acceptors (Lipinski definition) is 4. The first-order valence-corrected chi connectivity index (χ1v) is 8.93. The quantitative estimate of drug-likeness (QED) is 0.763. The smallest absolute Gasteiger partial charge is 0.247 e. The molecule has 0 spiro atoms. The number of hydrogen-bond donors (Lipinski definition) is 0. The molecule has 0 fully saturated rings. The molecule has 1 aromatic heterocycles. The zero-order valence-electron chi connectivity index (χ0n) is 12.7. The molecule has 0 aliphatic heterocycles. The van der Waals surface area contributed by atoms with E-state index in [0.717, 1.165) is 5.56 Å². The van der Waals surface area contributed by atoms with Gasteiger partial charge in [0, 0.05) is 36.4 Å². The SMILES string of the molecule is CCN(Cc1cnn(C)c1)S(=O)(=O)c1cc(Br)ccc1OC. The Morgan fingerprint density at radius 3 is 2.68 bits per heavy atom. The second-order valence-electron chi connectivity index (χ2n) is 4.75. The molecule has 0 aliphatic rings. The summed E-state index contributed by atoms with van der Waals surface area (Å²) in [5.41, 5.74) is 0.835. The Balaban J connectivity index is 2.40. The Morgan fingerprint density at radius 1 is 1.41 bits per heavy atom. The summed E-state index contributed by atoms with van der Waals surface area (Å²) in [6, 6.07) is 4.93. The second kappa shape index (κ2) is 6.80. The van der Waals surface area contributed by atoms with Gasteiger partial charge in [-0.05, 0) is 18.2 Å². The minimum absolute atomic E-state index is 0.148. The molecule has 0 saturated carbocycles. The number of aryl methyl sites for hydroxylation is 1. The highest BCUT2D eigenvalue weighted by Crippen LogP contribution is 2.30. The lowest BCUT2D eigenvalue weighted by molar-refractivity contribution is 0.391. The third-order valence-electron chi connectivity index (χ3n) is 3.21. The lowest BCUT2D eigenvalue weighted by Crippen LogP contribution is -2.30. The van der Waals surface area contributed by atoms with Crippen LogP contribution in [0.3, 0.4) is 0 Å². The number of halogens is 1. The minimum Gasteiger partial charge on any atom is -0.495 e. The number of methoxy groups -OCH3 is 1. The summed E-state index contributed by atoms with van der Waals surface area (Å²) in [5.74, 6) is 0.327. The van der Waals surface area contributed by atoms with Crippen LogP contribution in [0.1, 0.15) is 12.5 Å². The molecule has 22 heavy (non-hydrogen) atoms. The molecule has 0 atom stereocenters. The van der Waals surface area contributed by atoms with E-state index in [4.69, 9.17) is 4.74 Å². The normalized spacial score (nSPS) is 11.9. The average molecular weight is 388 g/mol. The monoisotopic (exact) mass is 387 g/mol. The van der Waals surface area contributed by atoms with E-state index in [2.05, 4.69) is 21.0 Å². The molecule has 0 unspecified atom stereocenters. The van der Waals surface area contributed by atoms with Crippen molar-refractivity contribution in [3.05, 3.63) is 40.6 Å². The van der Waals surface area contributed by atoms with Gasteiger partial charge in [-0.1, -0.05) is 22.9 Å². The van der Waals surface area contributed by atoms with Gasteiger partial charge in [0.2, 0.25) is 10.0 Å². The Bertz CT molecular complexity index is 758. The van der Waals surface area contributed by atoms with Crippen molar-refractivity contribution in [1.82, 2.24) is 14.1 Å². The maximum atomic E-state index is 12.9. The van der Waals surface area contributed by atoms with Crippen LogP contribution >= 0.6 is 15.9 Å². The maximum absolute atomic E-state index is 12.9. The van der Waals surface area contributed by atoms with E-state index in [1.54, 1.807) is 49.2 Å². The van der Waals surface area contributed by atoms with Crippen LogP contribution in [0, 0.1) is 0 Å². The van der Waals surface area contributed by atoms with Crippen molar-refractivity contribution in [2.24, 2.45) is 7.05 Å². The van der Waals surface area contributed by atoms with Crippen molar-refractivity contribution in [3.63, 3.8) is 0 Å². The van der Waals surface area contributed by atoms with Gasteiger partial charge in [0.15, 0.2) is 0 Å². The first-order valence-electron chi connectivity index (χ1n) is 6.69. The van der Waals surface area contributed by atoms with Gasteiger partial charge in [-0.15, -0.1) is 0 Å². The summed E-state index contributed by atoms with van der Waals surface area (Å²) in [7, 11) is -0.409. The molecule has 0 aliphatic carbocycles. The zero-order valence-corrected chi connectivity index (χ0v) is 15.1. The Kier molecular flexibility index (Phi) is 5.25. The van der Waals surface area contributed by atoms with Gasteiger partial charge in [-0.2, -0.15) is 9.40 Å². The maximum Gasteiger partial charge on any atom is 0.247 e. The predicted molar refractivity (Wildman–Crippen MR) is 87.2 cm³/mol. The first-order chi connectivity index (χ1) is 10.4. The van der Waals surface area contributed by atoms with Crippen LogP contribution in [0.2, 0.25) is 0 Å². The van der Waals surface area contributed by atoms with Crippen molar-refractivity contribution >= 4 is 26.0 Å². The molecule has 0 saturated heterocycles. The number of benzene rings is 1. The molecule has 0 radical (unpaired) electrons. The van der Waals surface area contributed by atoms with Crippen molar-refractivity contribution < 1.29 is 13.2 Å². The van der Waals surface area contributed by atoms with Crippen molar-refractivity contribution in [1.29, 1.82) is 0 Å². The van der Waals surface area contributed by atoms with Gasteiger partial charge >= 0.3 is 0 Å². The van der Waals surface area contributed by atoms with Gasteiger partial charge in [0.25, 0.3) is 0 Å². The van der Waals surface area contributed by atoms with Crippen LogP contribution in [0.25, 0.3) is 0 Å². The third-order valence-corrected chi connectivity index (χ3v) is 5.65. The van der Waals surface area contributed by atoms with E-state index >= 15 is 0 Å². The fourth-order valence-corrected chi connectivity index (χ4v) is 4.25. The molecule has 2 aromatic rings. The summed E-state index contributed by atoms with van der Waals surface area (Å²) >= 11 is 3.31. The van der Waals surface area contributed by atoms with Crippen LogP contribution in [0.5, 0.6) is 5.75 Å². The van der Waals surface area contributed by atoms with Crippen molar-refractivity contribution in [2.75, 3.05) is 13.7 Å². The molecule has 6 nitrogen and oxygen atoms in total. The largest absolute Gasteiger partial charge is 0.495 e. The standard InChI is InChI=1S/C14H18BrN3O3S/c1-4-18(10-11-8-16-17(2)9-11)22(19,20)14-7-12(15)5-6-13(14)21-3/h5-9H,4,10H2,1-3H3. The second-order valence-corrected chi connectivity index (χ2v) is 7.57. The lowest BCUT2D eigenvalue weighted by Gasteiger charge is -2.21. The lowest BCUT2D eigenvalue weighted by atomic mass is 10.3. The molecular formula is C14H18BrN3O3S. The van der Waals surface area contributed by atoms with Gasteiger partial charge in [-0.3, -0.25) is 4.68 Å². The van der Waals surface area contributed by atoms with E-state index in [9.17, 15) is 8.42 Å². The topological polar surface area (TPSA) is 64.4 Å². The summed E-state index contributed by atoms with van der Waals surface area (Å²) in [5, 5.41) is 4.07. The molecule has 1 heterocycles. The summed E-state index contributed by atoms with van der Waals surface area (Å²) in [4.78, 5) is 0.148. The average Bonchev–Trinajstić information content (AvgIpc) is 2.89. The molecule has 1 aromatic carbocycles. The number of sulfonamides is 1. The molecule has 8 heteroatoms. The summed E-state index contributed by atoms with van der Waals surface area (Å²) in [6.07, 6.45) is 3.46. The number of ether oxygens (including phenoxy) is 1. The van der Waals surface area contributed by atoms with Crippen LogP contribution in [-0.4, -0.2) is 36.2 Å². The highest BCUT2D eigenvalue weighted by Gasteiger charge is 2.27. The molecule has 0 amide bonds. The van der Waals surface area contributed by atoms with Gasteiger partial charge in [-0.25, -0.2) is 8.42 Å². The number of rotatable bonds is 6. The summed E-state index contributed by atoms with van der Waals surface area (Å²) < 4.78 is 34.7. The van der Waals surface area contributed by atoms with Gasteiger partial charge < -0.3 is 4.74 Å². The highest BCUT2D eigenvalue weighted by molar-refractivity contribution is 9.10. The number of nitrogens with zero attached hydrogens (tertiary/aromatic N) is 3. The fourth-order valence-electron chi connectivity index (χ4n) is 2.12. The summed E-state index contributed by atoms with van der Waals surface area (Å²) in [6.45, 7) is 2.42. The Hall–Kier alpha value is -1.38. The predicted octanol–water partition coefficient (Wildman–Crippen LogP) is 2.40. The van der Waals surface area contributed by atoms with Gasteiger partial charge in [0.1, 0.15) is 10.6 Å². The highest BCUT2D eigenvalue weighted by atomic mass is 79.9. The van der Waals surface area contributed by atoms with E-state index in [1.807, 2.05) is 0 Å². The molecule has 120 valence electrons. The molecule has 0 bridgehead atoms. The number of aromatic nitrogens is 2. The minimum atomic E-state index is -3.66. The Morgan fingerprint density at radius 2 is 2.14 bits per heavy atom. The Labute approximate surface area is 138 Å². The first kappa shape index (κ1) is 17.0. The molecule has 0 N–H and O–H groups in total. The third kappa shape index (κ3) is 3.50. The van der Waals surface area contributed by atoms with Crippen LogP contribution in [0.4, 0.5) is 0 Å². The van der Waals surface area contributed by atoms with Gasteiger partial charge in [0.05, 0.1) is 13.3 Å². The molecular weight excluding hydrogens is 370 g/mol. The zero-order chi connectivity index (χ0) is 16.3.